The summed E-state index contributed by atoms with van der Waals surface area (Å²) in [6.07, 6.45) is 1.79. The summed E-state index contributed by atoms with van der Waals surface area (Å²) in [6.45, 7) is 6.30. The summed E-state index contributed by atoms with van der Waals surface area (Å²) in [5.74, 6) is 1.34. The molecule has 1 fully saturated rings. The predicted molar refractivity (Wildman–Crippen MR) is 116 cm³/mol. The van der Waals surface area contributed by atoms with Crippen LogP contribution in [0.1, 0.15) is 36.9 Å². The Bertz CT molecular complexity index is 819. The molecule has 29 heavy (non-hydrogen) atoms. The number of amides is 1. The van der Waals surface area contributed by atoms with Crippen LogP contribution in [0.2, 0.25) is 5.02 Å². The monoisotopic (exact) mass is 416 g/mol. The first-order valence-electron chi connectivity index (χ1n) is 10.1. The fourth-order valence-corrected chi connectivity index (χ4v) is 3.74. The minimum atomic E-state index is -0.592. The lowest BCUT2D eigenvalue weighted by Gasteiger charge is -2.29. The van der Waals surface area contributed by atoms with Crippen LogP contribution >= 0.6 is 11.6 Å². The SMILES string of the molecule is COc1ccc([C@@H](CNC(=O)[C@H](C)Oc2ccc(Cl)c(C)c2)N2CCCC2)cc1. The number of rotatable bonds is 8. The van der Waals surface area contributed by atoms with Gasteiger partial charge in [0.2, 0.25) is 0 Å². The summed E-state index contributed by atoms with van der Waals surface area (Å²) in [7, 11) is 1.66. The van der Waals surface area contributed by atoms with Crippen molar-refractivity contribution in [3.63, 3.8) is 0 Å². The molecule has 1 aliphatic heterocycles. The van der Waals surface area contributed by atoms with Gasteiger partial charge in [-0.25, -0.2) is 0 Å². The van der Waals surface area contributed by atoms with Gasteiger partial charge in [-0.05, 0) is 81.2 Å². The quantitative estimate of drug-likeness (QED) is 0.693. The Hall–Kier alpha value is -2.24. The van der Waals surface area contributed by atoms with Gasteiger partial charge in [0.1, 0.15) is 11.5 Å². The Kier molecular flexibility index (Phi) is 7.40. The zero-order chi connectivity index (χ0) is 20.8. The number of carbonyl (C=O) groups excluding carboxylic acids is 1. The van der Waals surface area contributed by atoms with Crippen LogP contribution in [0.4, 0.5) is 0 Å². The Morgan fingerprint density at radius 3 is 2.41 bits per heavy atom. The lowest BCUT2D eigenvalue weighted by molar-refractivity contribution is -0.127. The minimum absolute atomic E-state index is 0.129. The third-order valence-corrected chi connectivity index (χ3v) is 5.79. The van der Waals surface area contributed by atoms with E-state index in [-0.39, 0.29) is 11.9 Å². The first kappa shape index (κ1) is 21.5. The van der Waals surface area contributed by atoms with Crippen molar-refractivity contribution in [1.29, 1.82) is 0 Å². The maximum atomic E-state index is 12.6. The molecule has 3 rings (SSSR count). The molecule has 2 atom stereocenters. The Morgan fingerprint density at radius 2 is 1.79 bits per heavy atom. The van der Waals surface area contributed by atoms with Gasteiger partial charge in [-0.1, -0.05) is 23.7 Å². The van der Waals surface area contributed by atoms with Gasteiger partial charge in [-0.15, -0.1) is 0 Å². The van der Waals surface area contributed by atoms with Gasteiger partial charge in [0, 0.05) is 11.6 Å². The van der Waals surface area contributed by atoms with E-state index in [4.69, 9.17) is 21.1 Å². The van der Waals surface area contributed by atoms with E-state index in [0.717, 1.165) is 24.4 Å². The molecule has 0 aromatic heterocycles. The molecule has 1 saturated heterocycles. The summed E-state index contributed by atoms with van der Waals surface area (Å²) < 4.78 is 11.1. The standard InChI is InChI=1S/C23H29ClN2O3/c1-16-14-20(10-11-21(16)24)29-17(2)23(27)25-15-22(26-12-4-5-13-26)18-6-8-19(28-3)9-7-18/h6-11,14,17,22H,4-5,12-13,15H2,1-3H3,(H,25,27)/t17-,22+/m0/s1. The average molecular weight is 417 g/mol. The molecular formula is C23H29ClN2O3. The molecule has 0 aliphatic carbocycles. The number of hydrogen-bond acceptors (Lipinski definition) is 4. The van der Waals surface area contributed by atoms with Gasteiger partial charge in [0.05, 0.1) is 13.2 Å². The highest BCUT2D eigenvalue weighted by Gasteiger charge is 2.25. The summed E-state index contributed by atoms with van der Waals surface area (Å²) >= 11 is 6.06. The van der Waals surface area contributed by atoms with Crippen molar-refractivity contribution >= 4 is 17.5 Å². The lowest BCUT2D eigenvalue weighted by Crippen LogP contribution is -2.42. The van der Waals surface area contributed by atoms with Crippen LogP contribution in [0.25, 0.3) is 0 Å². The number of nitrogens with one attached hydrogen (secondary N) is 1. The molecule has 0 spiro atoms. The number of benzene rings is 2. The third kappa shape index (κ3) is 5.64. The van der Waals surface area contributed by atoms with Gasteiger partial charge < -0.3 is 14.8 Å². The van der Waals surface area contributed by atoms with E-state index in [0.29, 0.717) is 17.3 Å². The van der Waals surface area contributed by atoms with Gasteiger partial charge in [0.15, 0.2) is 6.10 Å². The fourth-order valence-electron chi connectivity index (χ4n) is 3.63. The maximum Gasteiger partial charge on any atom is 0.260 e. The number of ether oxygens (including phenoxy) is 2. The molecule has 1 aliphatic rings. The molecule has 0 saturated carbocycles. The minimum Gasteiger partial charge on any atom is -0.497 e. The second-order valence-electron chi connectivity index (χ2n) is 7.45. The lowest BCUT2D eigenvalue weighted by atomic mass is 10.1. The maximum absolute atomic E-state index is 12.6. The highest BCUT2D eigenvalue weighted by atomic mass is 35.5. The van der Waals surface area contributed by atoms with E-state index >= 15 is 0 Å². The van der Waals surface area contributed by atoms with Crippen LogP contribution in [0, 0.1) is 6.92 Å². The molecule has 2 aromatic rings. The van der Waals surface area contributed by atoms with Crippen LogP contribution in [-0.4, -0.2) is 43.7 Å². The smallest absolute Gasteiger partial charge is 0.260 e. The normalized spacial score (nSPS) is 16.3. The number of hydrogen-bond donors (Lipinski definition) is 1. The number of likely N-dealkylation sites (tertiary alicyclic amines) is 1. The summed E-state index contributed by atoms with van der Waals surface area (Å²) in [6, 6.07) is 13.6. The Morgan fingerprint density at radius 1 is 1.14 bits per heavy atom. The van der Waals surface area contributed by atoms with Gasteiger partial charge in [0.25, 0.3) is 5.91 Å². The first-order chi connectivity index (χ1) is 14.0. The topological polar surface area (TPSA) is 50.8 Å². The van der Waals surface area contributed by atoms with Crippen molar-refractivity contribution < 1.29 is 14.3 Å². The van der Waals surface area contributed by atoms with Crippen molar-refractivity contribution in [2.24, 2.45) is 0 Å². The number of nitrogens with zero attached hydrogens (tertiary/aromatic N) is 1. The molecule has 1 N–H and O–H groups in total. The number of carbonyl (C=O) groups is 1. The Balaban J connectivity index is 1.62. The van der Waals surface area contributed by atoms with E-state index in [1.807, 2.05) is 25.1 Å². The molecule has 156 valence electrons. The van der Waals surface area contributed by atoms with Crippen molar-refractivity contribution in [2.75, 3.05) is 26.7 Å². The third-order valence-electron chi connectivity index (χ3n) is 5.36. The van der Waals surface area contributed by atoms with E-state index in [9.17, 15) is 4.79 Å². The predicted octanol–water partition coefficient (Wildman–Crippen LogP) is 4.38. The summed E-state index contributed by atoms with van der Waals surface area (Å²) in [5, 5.41) is 3.75. The molecule has 1 amide bonds. The molecular weight excluding hydrogens is 388 g/mol. The van der Waals surface area contributed by atoms with Crippen molar-refractivity contribution in [2.45, 2.75) is 38.8 Å². The van der Waals surface area contributed by atoms with Crippen LogP contribution in [0.5, 0.6) is 11.5 Å². The molecule has 1 heterocycles. The molecule has 0 bridgehead atoms. The van der Waals surface area contributed by atoms with Crippen LogP contribution in [0.3, 0.4) is 0 Å². The van der Waals surface area contributed by atoms with Crippen molar-refractivity contribution in [1.82, 2.24) is 10.2 Å². The van der Waals surface area contributed by atoms with Gasteiger partial charge >= 0.3 is 0 Å². The number of aryl methyl sites for hydroxylation is 1. The second kappa shape index (κ2) is 9.99. The summed E-state index contributed by atoms with van der Waals surface area (Å²) in [5.41, 5.74) is 2.10. The molecule has 0 radical (unpaired) electrons. The Labute approximate surface area is 177 Å². The van der Waals surface area contributed by atoms with Gasteiger partial charge in [-0.2, -0.15) is 0 Å². The van der Waals surface area contributed by atoms with E-state index in [1.54, 1.807) is 26.2 Å². The van der Waals surface area contributed by atoms with E-state index in [1.165, 1.54) is 18.4 Å². The van der Waals surface area contributed by atoms with Gasteiger partial charge in [-0.3, -0.25) is 9.69 Å². The summed E-state index contributed by atoms with van der Waals surface area (Å²) in [4.78, 5) is 15.1. The number of halogens is 1. The molecule has 6 heteroatoms. The largest absolute Gasteiger partial charge is 0.497 e. The molecule has 2 aromatic carbocycles. The molecule has 0 unspecified atom stereocenters. The highest BCUT2D eigenvalue weighted by Crippen LogP contribution is 2.26. The van der Waals surface area contributed by atoms with Crippen molar-refractivity contribution in [3.05, 3.63) is 58.6 Å². The highest BCUT2D eigenvalue weighted by molar-refractivity contribution is 6.31. The second-order valence-corrected chi connectivity index (χ2v) is 7.86. The van der Waals surface area contributed by atoms with E-state index < -0.39 is 6.10 Å². The van der Waals surface area contributed by atoms with Crippen LogP contribution in [0.15, 0.2) is 42.5 Å². The first-order valence-corrected chi connectivity index (χ1v) is 10.4. The molecule has 5 nitrogen and oxygen atoms in total. The zero-order valence-electron chi connectivity index (χ0n) is 17.3. The number of methoxy groups -OCH3 is 1. The zero-order valence-corrected chi connectivity index (χ0v) is 18.0. The van der Waals surface area contributed by atoms with Crippen LogP contribution < -0.4 is 14.8 Å². The van der Waals surface area contributed by atoms with E-state index in [2.05, 4.69) is 22.3 Å². The van der Waals surface area contributed by atoms with Crippen LogP contribution in [-0.2, 0) is 4.79 Å². The average Bonchev–Trinajstić information content (AvgIpc) is 3.25. The fraction of sp³-hybridized carbons (Fsp3) is 0.435. The van der Waals surface area contributed by atoms with Crippen molar-refractivity contribution in [3.8, 4) is 11.5 Å².